The summed E-state index contributed by atoms with van der Waals surface area (Å²) in [5, 5.41) is 1.37. The van der Waals surface area contributed by atoms with E-state index in [1.165, 1.54) is 34.8 Å². The first-order valence-electron chi connectivity index (χ1n) is 6.30. The van der Waals surface area contributed by atoms with Crippen LogP contribution in [-0.2, 0) is 6.42 Å². The van der Waals surface area contributed by atoms with Crippen molar-refractivity contribution in [1.82, 2.24) is 4.98 Å². The number of hydrogen-bond donors (Lipinski definition) is 1. The molecule has 0 radical (unpaired) electrons. The van der Waals surface area contributed by atoms with Gasteiger partial charge in [-0.15, -0.1) is 11.3 Å². The topological polar surface area (TPSA) is 38.9 Å². The van der Waals surface area contributed by atoms with E-state index in [1.807, 2.05) is 11.3 Å². The summed E-state index contributed by atoms with van der Waals surface area (Å²) in [7, 11) is 0. The van der Waals surface area contributed by atoms with Gasteiger partial charge in [-0.05, 0) is 31.1 Å². The van der Waals surface area contributed by atoms with Crippen LogP contribution in [0.3, 0.4) is 0 Å². The molecule has 2 N–H and O–H groups in total. The van der Waals surface area contributed by atoms with E-state index in [0.717, 1.165) is 18.8 Å². The zero-order chi connectivity index (χ0) is 11.3. The standard InChI is InChI=1S/C13H20N2S/c1-13(2)6-9(14)11-10(7-13)15-12(16-11)8-4-3-5-8/h8-9H,3-7,14H2,1-2H3. The Bertz CT molecular complexity index is 404. The van der Waals surface area contributed by atoms with Gasteiger partial charge >= 0.3 is 0 Å². The van der Waals surface area contributed by atoms with E-state index in [9.17, 15) is 0 Å². The fourth-order valence-electron chi connectivity index (χ4n) is 2.84. The third-order valence-corrected chi connectivity index (χ3v) is 5.35. The van der Waals surface area contributed by atoms with Gasteiger partial charge in [0.2, 0.25) is 0 Å². The number of hydrogen-bond acceptors (Lipinski definition) is 3. The van der Waals surface area contributed by atoms with E-state index in [0.29, 0.717) is 5.41 Å². The van der Waals surface area contributed by atoms with Gasteiger partial charge in [-0.1, -0.05) is 20.3 Å². The highest BCUT2D eigenvalue weighted by molar-refractivity contribution is 7.12. The van der Waals surface area contributed by atoms with Gasteiger partial charge in [0, 0.05) is 16.8 Å². The summed E-state index contributed by atoms with van der Waals surface area (Å²) < 4.78 is 0. The molecule has 0 aliphatic heterocycles. The van der Waals surface area contributed by atoms with Crippen LogP contribution < -0.4 is 5.73 Å². The number of rotatable bonds is 1. The van der Waals surface area contributed by atoms with Crippen LogP contribution in [0, 0.1) is 5.41 Å². The highest BCUT2D eigenvalue weighted by atomic mass is 32.1. The summed E-state index contributed by atoms with van der Waals surface area (Å²) in [6.45, 7) is 4.61. The normalized spacial score (nSPS) is 28.6. The third kappa shape index (κ3) is 1.70. The summed E-state index contributed by atoms with van der Waals surface area (Å²) in [6.07, 6.45) is 6.27. The Morgan fingerprint density at radius 1 is 1.38 bits per heavy atom. The second-order valence-electron chi connectivity index (χ2n) is 6.14. The number of nitrogens with zero attached hydrogens (tertiary/aromatic N) is 1. The van der Waals surface area contributed by atoms with E-state index < -0.39 is 0 Å². The molecule has 2 nitrogen and oxygen atoms in total. The molecule has 2 aliphatic carbocycles. The Morgan fingerprint density at radius 2 is 2.12 bits per heavy atom. The summed E-state index contributed by atoms with van der Waals surface area (Å²) in [5.41, 5.74) is 7.90. The molecule has 0 saturated heterocycles. The summed E-state index contributed by atoms with van der Waals surface area (Å²) >= 11 is 1.89. The molecule has 0 bridgehead atoms. The highest BCUT2D eigenvalue weighted by Crippen LogP contribution is 2.45. The molecule has 0 amide bonds. The van der Waals surface area contributed by atoms with Crippen molar-refractivity contribution in [2.45, 2.75) is 57.9 Å². The van der Waals surface area contributed by atoms with Crippen molar-refractivity contribution in [3.8, 4) is 0 Å². The third-order valence-electron chi connectivity index (χ3n) is 3.95. The monoisotopic (exact) mass is 236 g/mol. The molecule has 1 aromatic rings. The number of fused-ring (bicyclic) bond motifs is 1. The molecule has 3 heteroatoms. The zero-order valence-electron chi connectivity index (χ0n) is 10.1. The van der Waals surface area contributed by atoms with Gasteiger partial charge in [-0.25, -0.2) is 4.98 Å². The Balaban J connectivity index is 1.93. The van der Waals surface area contributed by atoms with E-state index in [1.54, 1.807) is 0 Å². The van der Waals surface area contributed by atoms with Crippen LogP contribution in [0.5, 0.6) is 0 Å². The number of aromatic nitrogens is 1. The molecule has 1 aromatic heterocycles. The smallest absolute Gasteiger partial charge is 0.0962 e. The lowest BCUT2D eigenvalue weighted by atomic mass is 9.76. The Kier molecular flexibility index (Phi) is 2.37. The quantitative estimate of drug-likeness (QED) is 0.812. The van der Waals surface area contributed by atoms with Crippen molar-refractivity contribution in [3.63, 3.8) is 0 Å². The number of nitrogens with two attached hydrogens (primary N) is 1. The second kappa shape index (κ2) is 3.54. The molecule has 3 rings (SSSR count). The minimum Gasteiger partial charge on any atom is -0.323 e. The van der Waals surface area contributed by atoms with Gasteiger partial charge < -0.3 is 5.73 Å². The van der Waals surface area contributed by atoms with E-state index in [-0.39, 0.29) is 6.04 Å². The van der Waals surface area contributed by atoms with Crippen molar-refractivity contribution < 1.29 is 0 Å². The Labute approximate surface area is 101 Å². The molecule has 1 atom stereocenters. The van der Waals surface area contributed by atoms with Crippen LogP contribution in [-0.4, -0.2) is 4.98 Å². The van der Waals surface area contributed by atoms with Crippen molar-refractivity contribution in [2.75, 3.05) is 0 Å². The molecule has 1 heterocycles. The molecule has 2 aliphatic rings. The first kappa shape index (κ1) is 10.7. The van der Waals surface area contributed by atoms with Gasteiger partial charge in [0.15, 0.2) is 0 Å². The average molecular weight is 236 g/mol. The summed E-state index contributed by atoms with van der Waals surface area (Å²) in [5.74, 6) is 0.755. The van der Waals surface area contributed by atoms with Gasteiger partial charge in [0.05, 0.1) is 10.7 Å². The maximum absolute atomic E-state index is 6.27. The zero-order valence-corrected chi connectivity index (χ0v) is 10.9. The second-order valence-corrected chi connectivity index (χ2v) is 7.20. The highest BCUT2D eigenvalue weighted by Gasteiger charge is 2.34. The summed E-state index contributed by atoms with van der Waals surface area (Å²) in [4.78, 5) is 6.23. The van der Waals surface area contributed by atoms with E-state index in [4.69, 9.17) is 10.7 Å². The lowest BCUT2D eigenvalue weighted by Crippen LogP contribution is -2.28. The largest absolute Gasteiger partial charge is 0.323 e. The molecule has 1 fully saturated rings. The van der Waals surface area contributed by atoms with Crippen LogP contribution in [0.4, 0.5) is 0 Å². The van der Waals surface area contributed by atoms with Crippen molar-refractivity contribution >= 4 is 11.3 Å². The lowest BCUT2D eigenvalue weighted by molar-refractivity contribution is 0.282. The fourth-order valence-corrected chi connectivity index (χ4v) is 4.10. The first-order chi connectivity index (χ1) is 7.55. The van der Waals surface area contributed by atoms with E-state index in [2.05, 4.69) is 13.8 Å². The Morgan fingerprint density at radius 3 is 2.75 bits per heavy atom. The molecule has 16 heavy (non-hydrogen) atoms. The van der Waals surface area contributed by atoms with Crippen LogP contribution >= 0.6 is 11.3 Å². The molecule has 1 unspecified atom stereocenters. The minimum atomic E-state index is 0.227. The van der Waals surface area contributed by atoms with Crippen LogP contribution in [0.1, 0.15) is 67.1 Å². The fraction of sp³-hybridized carbons (Fsp3) is 0.769. The molecule has 0 spiro atoms. The molecular formula is C13H20N2S. The summed E-state index contributed by atoms with van der Waals surface area (Å²) in [6, 6.07) is 0.227. The maximum atomic E-state index is 6.27. The van der Waals surface area contributed by atoms with E-state index >= 15 is 0 Å². The van der Waals surface area contributed by atoms with Crippen LogP contribution in [0.15, 0.2) is 0 Å². The Hall–Kier alpha value is -0.410. The van der Waals surface area contributed by atoms with Crippen molar-refractivity contribution in [2.24, 2.45) is 11.1 Å². The van der Waals surface area contributed by atoms with Gasteiger partial charge in [0.25, 0.3) is 0 Å². The predicted molar refractivity (Wildman–Crippen MR) is 67.7 cm³/mol. The average Bonchev–Trinajstić information content (AvgIpc) is 2.42. The van der Waals surface area contributed by atoms with Crippen LogP contribution in [0.25, 0.3) is 0 Å². The van der Waals surface area contributed by atoms with Crippen molar-refractivity contribution in [1.29, 1.82) is 0 Å². The van der Waals surface area contributed by atoms with Crippen LogP contribution in [0.2, 0.25) is 0 Å². The molecular weight excluding hydrogens is 216 g/mol. The molecule has 88 valence electrons. The number of thiazole rings is 1. The SMILES string of the molecule is CC1(C)Cc2nc(C3CCC3)sc2C(N)C1. The molecule has 0 aromatic carbocycles. The van der Waals surface area contributed by atoms with Gasteiger partial charge in [-0.2, -0.15) is 0 Å². The predicted octanol–water partition coefficient (Wildman–Crippen LogP) is 3.38. The van der Waals surface area contributed by atoms with Gasteiger partial charge in [0.1, 0.15) is 0 Å². The van der Waals surface area contributed by atoms with Gasteiger partial charge in [-0.3, -0.25) is 0 Å². The minimum absolute atomic E-state index is 0.227. The van der Waals surface area contributed by atoms with Crippen molar-refractivity contribution in [3.05, 3.63) is 15.6 Å². The maximum Gasteiger partial charge on any atom is 0.0962 e. The first-order valence-corrected chi connectivity index (χ1v) is 7.12. The lowest BCUT2D eigenvalue weighted by Gasteiger charge is -2.32. The molecule has 1 saturated carbocycles.